The molecule has 0 heterocycles. The molecular weight excluding hydrogens is 302 g/mol. The van der Waals surface area contributed by atoms with Crippen molar-refractivity contribution in [2.24, 2.45) is 0 Å². The van der Waals surface area contributed by atoms with E-state index in [4.69, 9.17) is 11.6 Å². The lowest BCUT2D eigenvalue weighted by Gasteiger charge is -2.27. The number of hydrogen-bond acceptors (Lipinski definition) is 1. The number of nitrogens with one attached hydrogen (secondary N) is 1. The molecule has 0 radical (unpaired) electrons. The minimum atomic E-state index is -0.189. The third-order valence-corrected chi connectivity index (χ3v) is 4.34. The lowest BCUT2D eigenvalue weighted by Crippen LogP contribution is -2.47. The second-order valence-corrected chi connectivity index (χ2v) is 5.77. The second kappa shape index (κ2) is 5.40. The van der Waals surface area contributed by atoms with Crippen LogP contribution in [0.15, 0.2) is 28.7 Å². The highest BCUT2D eigenvalue weighted by Crippen LogP contribution is 2.31. The van der Waals surface area contributed by atoms with Crippen molar-refractivity contribution in [3.63, 3.8) is 0 Å². The molecule has 0 spiro atoms. The molecule has 92 valence electrons. The van der Waals surface area contributed by atoms with E-state index < -0.39 is 0 Å². The molecule has 1 amide bonds. The van der Waals surface area contributed by atoms with Gasteiger partial charge in [0.05, 0.1) is 5.54 Å². The highest BCUT2D eigenvalue weighted by atomic mass is 79.9. The molecule has 0 aromatic heterocycles. The first kappa shape index (κ1) is 12.9. The van der Waals surface area contributed by atoms with E-state index in [-0.39, 0.29) is 11.4 Å². The normalized spacial score (nSPS) is 18.0. The summed E-state index contributed by atoms with van der Waals surface area (Å²) in [6, 6.07) is 7.38. The Balaban J connectivity index is 2.08. The van der Waals surface area contributed by atoms with Gasteiger partial charge in [-0.25, -0.2) is 0 Å². The third-order valence-electron chi connectivity index (χ3n) is 3.30. The molecule has 17 heavy (non-hydrogen) atoms. The number of rotatable bonds is 3. The van der Waals surface area contributed by atoms with Gasteiger partial charge in [0.2, 0.25) is 0 Å². The van der Waals surface area contributed by atoms with Gasteiger partial charge in [-0.15, -0.1) is 11.6 Å². The average molecular weight is 317 g/mol. The number of carbonyl (C=O) groups is 1. The van der Waals surface area contributed by atoms with E-state index in [1.165, 1.54) is 0 Å². The van der Waals surface area contributed by atoms with Gasteiger partial charge in [0.15, 0.2) is 0 Å². The standard InChI is InChI=1S/C13H15BrClNO/c14-11-5-3-10(4-6-11)12(17)16-13(9-15)7-1-2-8-13/h3-6H,1-2,7-9H2,(H,16,17). The topological polar surface area (TPSA) is 29.1 Å². The van der Waals surface area contributed by atoms with Crippen LogP contribution >= 0.6 is 27.5 Å². The molecule has 4 heteroatoms. The molecule has 0 atom stereocenters. The maximum Gasteiger partial charge on any atom is 0.251 e. The molecule has 1 fully saturated rings. The van der Waals surface area contributed by atoms with Crippen LogP contribution in [0, 0.1) is 0 Å². The molecule has 2 rings (SSSR count). The Morgan fingerprint density at radius 3 is 2.41 bits per heavy atom. The molecule has 0 aliphatic heterocycles. The predicted molar refractivity (Wildman–Crippen MR) is 73.5 cm³/mol. The fraction of sp³-hybridized carbons (Fsp3) is 0.462. The van der Waals surface area contributed by atoms with Crippen LogP contribution in [0.5, 0.6) is 0 Å². The number of amides is 1. The van der Waals surface area contributed by atoms with E-state index in [1.54, 1.807) is 0 Å². The van der Waals surface area contributed by atoms with E-state index >= 15 is 0 Å². The quantitative estimate of drug-likeness (QED) is 0.846. The number of carbonyl (C=O) groups excluding carboxylic acids is 1. The van der Waals surface area contributed by atoms with Crippen molar-refractivity contribution in [2.75, 3.05) is 5.88 Å². The number of benzene rings is 1. The third kappa shape index (κ3) is 3.02. The van der Waals surface area contributed by atoms with Gasteiger partial charge < -0.3 is 5.32 Å². The van der Waals surface area contributed by atoms with Gasteiger partial charge in [0, 0.05) is 15.9 Å². The Labute approximate surface area is 115 Å². The Morgan fingerprint density at radius 2 is 1.88 bits per heavy atom. The Bertz CT molecular complexity index is 398. The van der Waals surface area contributed by atoms with Gasteiger partial charge in [-0.2, -0.15) is 0 Å². The maximum absolute atomic E-state index is 12.1. The number of halogens is 2. The van der Waals surface area contributed by atoms with Crippen LogP contribution < -0.4 is 5.32 Å². The van der Waals surface area contributed by atoms with Gasteiger partial charge in [0.1, 0.15) is 0 Å². The van der Waals surface area contributed by atoms with Crippen LogP contribution in [0.4, 0.5) is 0 Å². The van der Waals surface area contributed by atoms with Crippen molar-refractivity contribution in [3.05, 3.63) is 34.3 Å². The van der Waals surface area contributed by atoms with Gasteiger partial charge in [-0.3, -0.25) is 4.79 Å². The summed E-state index contributed by atoms with van der Waals surface area (Å²) in [6.07, 6.45) is 4.26. The summed E-state index contributed by atoms with van der Waals surface area (Å²) < 4.78 is 0.974. The SMILES string of the molecule is O=C(NC1(CCl)CCCC1)c1ccc(Br)cc1. The van der Waals surface area contributed by atoms with E-state index in [2.05, 4.69) is 21.2 Å². The van der Waals surface area contributed by atoms with Crippen LogP contribution in [0.25, 0.3) is 0 Å². The molecular formula is C13H15BrClNO. The molecule has 1 aromatic carbocycles. The fourth-order valence-corrected chi connectivity index (χ4v) is 2.86. The molecule has 1 N–H and O–H groups in total. The summed E-state index contributed by atoms with van der Waals surface area (Å²) in [5.41, 5.74) is 0.496. The maximum atomic E-state index is 12.1. The monoisotopic (exact) mass is 315 g/mol. The van der Waals surface area contributed by atoms with Crippen molar-refractivity contribution >= 4 is 33.4 Å². The number of alkyl halides is 1. The Kier molecular flexibility index (Phi) is 4.10. The molecule has 1 saturated carbocycles. The van der Waals surface area contributed by atoms with Crippen LogP contribution in [0.1, 0.15) is 36.0 Å². The molecule has 1 aliphatic carbocycles. The van der Waals surface area contributed by atoms with Crippen molar-refractivity contribution in [1.82, 2.24) is 5.32 Å². The van der Waals surface area contributed by atoms with Gasteiger partial charge >= 0.3 is 0 Å². The zero-order valence-corrected chi connectivity index (χ0v) is 11.9. The first-order valence-corrected chi connectivity index (χ1v) is 7.12. The summed E-state index contributed by atoms with van der Waals surface area (Å²) >= 11 is 9.35. The van der Waals surface area contributed by atoms with E-state index in [0.29, 0.717) is 11.4 Å². The zero-order valence-electron chi connectivity index (χ0n) is 9.51. The molecule has 0 bridgehead atoms. The fourth-order valence-electron chi connectivity index (χ4n) is 2.26. The molecule has 2 nitrogen and oxygen atoms in total. The first-order valence-electron chi connectivity index (χ1n) is 5.79. The second-order valence-electron chi connectivity index (χ2n) is 4.58. The van der Waals surface area contributed by atoms with Crippen LogP contribution in [-0.4, -0.2) is 17.3 Å². The van der Waals surface area contributed by atoms with E-state index in [0.717, 1.165) is 30.2 Å². The molecule has 1 aromatic rings. The summed E-state index contributed by atoms with van der Waals surface area (Å²) in [7, 11) is 0. The first-order chi connectivity index (χ1) is 8.15. The van der Waals surface area contributed by atoms with Gasteiger partial charge in [-0.05, 0) is 37.1 Å². The van der Waals surface area contributed by atoms with Crippen LogP contribution in [0.3, 0.4) is 0 Å². The Morgan fingerprint density at radius 1 is 1.29 bits per heavy atom. The predicted octanol–water partition coefficient (Wildman–Crippen LogP) is 3.73. The van der Waals surface area contributed by atoms with Gasteiger partial charge in [0.25, 0.3) is 5.91 Å². The summed E-state index contributed by atoms with van der Waals surface area (Å²) in [5, 5.41) is 3.09. The smallest absolute Gasteiger partial charge is 0.251 e. The van der Waals surface area contributed by atoms with Crippen molar-refractivity contribution < 1.29 is 4.79 Å². The Hall–Kier alpha value is -0.540. The minimum Gasteiger partial charge on any atom is -0.345 e. The molecule has 0 saturated heterocycles. The highest BCUT2D eigenvalue weighted by Gasteiger charge is 2.34. The summed E-state index contributed by atoms with van der Waals surface area (Å²) in [5.74, 6) is 0.468. The van der Waals surface area contributed by atoms with Gasteiger partial charge in [-0.1, -0.05) is 28.8 Å². The van der Waals surface area contributed by atoms with E-state index in [9.17, 15) is 4.79 Å². The minimum absolute atomic E-state index is 0.0277. The lowest BCUT2D eigenvalue weighted by molar-refractivity contribution is 0.0909. The van der Waals surface area contributed by atoms with Crippen molar-refractivity contribution in [1.29, 1.82) is 0 Å². The molecule has 0 unspecified atom stereocenters. The lowest BCUT2D eigenvalue weighted by atomic mass is 9.99. The summed E-state index contributed by atoms with van der Waals surface area (Å²) in [6.45, 7) is 0. The van der Waals surface area contributed by atoms with Crippen molar-refractivity contribution in [2.45, 2.75) is 31.2 Å². The highest BCUT2D eigenvalue weighted by molar-refractivity contribution is 9.10. The van der Waals surface area contributed by atoms with Crippen molar-refractivity contribution in [3.8, 4) is 0 Å². The molecule has 1 aliphatic rings. The van der Waals surface area contributed by atoms with Crippen LogP contribution in [-0.2, 0) is 0 Å². The summed E-state index contributed by atoms with van der Waals surface area (Å²) in [4.78, 5) is 12.1. The number of hydrogen-bond donors (Lipinski definition) is 1. The van der Waals surface area contributed by atoms with E-state index in [1.807, 2.05) is 24.3 Å². The van der Waals surface area contributed by atoms with Crippen LogP contribution in [0.2, 0.25) is 0 Å². The largest absolute Gasteiger partial charge is 0.345 e. The zero-order chi connectivity index (χ0) is 12.3. The average Bonchev–Trinajstić information content (AvgIpc) is 2.79.